The van der Waals surface area contributed by atoms with Gasteiger partial charge in [0.1, 0.15) is 13.2 Å². The maximum Gasteiger partial charge on any atom is 0.160 e. The summed E-state index contributed by atoms with van der Waals surface area (Å²) in [7, 11) is 0. The van der Waals surface area contributed by atoms with Crippen LogP contribution in [0.5, 0.6) is 0 Å². The van der Waals surface area contributed by atoms with Gasteiger partial charge in [0, 0.05) is 0 Å². The molecule has 2 aliphatic rings. The van der Waals surface area contributed by atoms with Crippen LogP contribution in [0.2, 0.25) is 0 Å². The number of rotatable bonds is 0. The van der Waals surface area contributed by atoms with Gasteiger partial charge in [0.15, 0.2) is 11.5 Å². The van der Waals surface area contributed by atoms with E-state index in [1.807, 2.05) is 0 Å². The molecule has 1 heterocycles. The molecule has 2 nitrogen and oxygen atoms in total. The minimum absolute atomic E-state index is 0.556. The second-order valence-corrected chi connectivity index (χ2v) is 3.89. The van der Waals surface area contributed by atoms with Crippen LogP contribution in [0.25, 0.3) is 0 Å². The zero-order chi connectivity index (χ0) is 9.42. The van der Waals surface area contributed by atoms with E-state index in [0.29, 0.717) is 25.0 Å². The zero-order valence-electron chi connectivity index (χ0n) is 8.46. The molecule has 1 aliphatic carbocycles. The van der Waals surface area contributed by atoms with Crippen LogP contribution in [0.4, 0.5) is 0 Å². The standard InChI is InChI=1S/C11H16O2/c1-7-6-10-11(9(3)8(7)2)13-5-4-12-10/h6-8H,4-5H2,1-3H3. The van der Waals surface area contributed by atoms with Gasteiger partial charge in [-0.25, -0.2) is 0 Å². The Morgan fingerprint density at radius 3 is 2.69 bits per heavy atom. The van der Waals surface area contributed by atoms with Crippen LogP contribution in [0.3, 0.4) is 0 Å². The Kier molecular flexibility index (Phi) is 2.06. The van der Waals surface area contributed by atoms with Crippen LogP contribution in [-0.4, -0.2) is 13.2 Å². The van der Waals surface area contributed by atoms with Crippen LogP contribution in [0.15, 0.2) is 23.2 Å². The van der Waals surface area contributed by atoms with E-state index in [4.69, 9.17) is 9.47 Å². The molecule has 0 aromatic rings. The predicted octanol–water partition coefficient (Wildman–Crippen LogP) is 2.48. The summed E-state index contributed by atoms with van der Waals surface area (Å²) in [4.78, 5) is 0. The Labute approximate surface area is 79.2 Å². The van der Waals surface area contributed by atoms with Crippen molar-refractivity contribution in [3.8, 4) is 0 Å². The van der Waals surface area contributed by atoms with E-state index >= 15 is 0 Å². The molecule has 1 fully saturated rings. The largest absolute Gasteiger partial charge is 0.486 e. The van der Waals surface area contributed by atoms with Gasteiger partial charge < -0.3 is 9.47 Å². The summed E-state index contributed by atoms with van der Waals surface area (Å²) in [6.07, 6.45) is 2.17. The molecule has 1 saturated heterocycles. The molecule has 0 bridgehead atoms. The maximum atomic E-state index is 5.60. The molecule has 0 N–H and O–H groups in total. The highest BCUT2D eigenvalue weighted by Crippen LogP contribution is 2.35. The average molecular weight is 180 g/mol. The number of ether oxygens (including phenoxy) is 2. The molecular weight excluding hydrogens is 164 g/mol. The molecule has 1 aliphatic heterocycles. The molecule has 0 saturated carbocycles. The molecule has 0 radical (unpaired) electrons. The molecule has 0 amide bonds. The molecule has 0 spiro atoms. The quantitative estimate of drug-likeness (QED) is 0.570. The summed E-state index contributed by atoms with van der Waals surface area (Å²) in [5.74, 6) is 3.06. The van der Waals surface area contributed by atoms with E-state index in [1.165, 1.54) is 5.57 Å². The van der Waals surface area contributed by atoms with Crippen molar-refractivity contribution in [1.29, 1.82) is 0 Å². The van der Waals surface area contributed by atoms with Crippen LogP contribution in [0, 0.1) is 11.8 Å². The van der Waals surface area contributed by atoms with E-state index in [9.17, 15) is 0 Å². The summed E-state index contributed by atoms with van der Waals surface area (Å²) in [6, 6.07) is 0. The van der Waals surface area contributed by atoms with Gasteiger partial charge in [-0.3, -0.25) is 0 Å². The van der Waals surface area contributed by atoms with Crippen molar-refractivity contribution in [3.05, 3.63) is 23.2 Å². The first-order valence-electron chi connectivity index (χ1n) is 4.88. The van der Waals surface area contributed by atoms with Crippen molar-refractivity contribution in [2.75, 3.05) is 13.2 Å². The molecule has 0 aromatic heterocycles. The van der Waals surface area contributed by atoms with Gasteiger partial charge in [0.05, 0.1) is 0 Å². The van der Waals surface area contributed by atoms with Crippen molar-refractivity contribution in [2.45, 2.75) is 20.8 Å². The van der Waals surface area contributed by atoms with Crippen molar-refractivity contribution in [2.24, 2.45) is 11.8 Å². The predicted molar refractivity (Wildman–Crippen MR) is 51.0 cm³/mol. The van der Waals surface area contributed by atoms with Gasteiger partial charge in [-0.15, -0.1) is 0 Å². The molecule has 13 heavy (non-hydrogen) atoms. The second kappa shape index (κ2) is 3.09. The SMILES string of the molecule is CC1=C2OCCOC2=CC(C)C1C. The lowest BCUT2D eigenvalue weighted by Crippen LogP contribution is -2.23. The second-order valence-electron chi connectivity index (χ2n) is 3.89. The van der Waals surface area contributed by atoms with Gasteiger partial charge in [0.25, 0.3) is 0 Å². The molecule has 0 aromatic carbocycles. The fraction of sp³-hybridized carbons (Fsp3) is 0.636. The van der Waals surface area contributed by atoms with Crippen molar-refractivity contribution in [1.82, 2.24) is 0 Å². The minimum atomic E-state index is 0.556. The molecule has 2 rings (SSSR count). The highest BCUT2D eigenvalue weighted by Gasteiger charge is 2.27. The topological polar surface area (TPSA) is 18.5 Å². The summed E-state index contributed by atoms with van der Waals surface area (Å²) in [6.45, 7) is 7.96. The Bertz CT molecular complexity index is 276. The molecule has 2 atom stereocenters. The monoisotopic (exact) mass is 180 g/mol. The van der Waals surface area contributed by atoms with Crippen LogP contribution < -0.4 is 0 Å². The molecular formula is C11H16O2. The van der Waals surface area contributed by atoms with Crippen LogP contribution in [-0.2, 0) is 9.47 Å². The van der Waals surface area contributed by atoms with Crippen molar-refractivity contribution < 1.29 is 9.47 Å². The third kappa shape index (κ3) is 1.34. The Morgan fingerprint density at radius 2 is 1.92 bits per heavy atom. The smallest absolute Gasteiger partial charge is 0.160 e. The third-order valence-electron chi connectivity index (χ3n) is 3.06. The minimum Gasteiger partial charge on any atom is -0.486 e. The molecule has 72 valence electrons. The van der Waals surface area contributed by atoms with E-state index in [1.54, 1.807) is 0 Å². The van der Waals surface area contributed by atoms with E-state index < -0.39 is 0 Å². The van der Waals surface area contributed by atoms with Crippen LogP contribution in [0.1, 0.15) is 20.8 Å². The number of allylic oxidation sites excluding steroid dienone is 2. The van der Waals surface area contributed by atoms with Crippen molar-refractivity contribution >= 4 is 0 Å². The van der Waals surface area contributed by atoms with Gasteiger partial charge in [0.2, 0.25) is 0 Å². The maximum absolute atomic E-state index is 5.60. The summed E-state index contributed by atoms with van der Waals surface area (Å²) in [5.41, 5.74) is 1.32. The van der Waals surface area contributed by atoms with Gasteiger partial charge in [-0.1, -0.05) is 13.8 Å². The lowest BCUT2D eigenvalue weighted by molar-refractivity contribution is 0.0513. The fourth-order valence-corrected chi connectivity index (χ4v) is 1.85. The first kappa shape index (κ1) is 8.67. The molecule has 2 unspecified atom stereocenters. The lowest BCUT2D eigenvalue weighted by Gasteiger charge is -2.31. The van der Waals surface area contributed by atoms with E-state index in [2.05, 4.69) is 26.8 Å². The number of hydrogen-bond acceptors (Lipinski definition) is 2. The van der Waals surface area contributed by atoms with Gasteiger partial charge in [-0.2, -0.15) is 0 Å². The Hall–Kier alpha value is -0.920. The first-order valence-corrected chi connectivity index (χ1v) is 4.88. The van der Waals surface area contributed by atoms with Crippen LogP contribution >= 0.6 is 0 Å². The summed E-state index contributed by atoms with van der Waals surface area (Å²) < 4.78 is 11.1. The third-order valence-corrected chi connectivity index (χ3v) is 3.06. The highest BCUT2D eigenvalue weighted by atomic mass is 16.6. The normalized spacial score (nSPS) is 33.0. The summed E-state index contributed by atoms with van der Waals surface area (Å²) >= 11 is 0. The lowest BCUT2D eigenvalue weighted by atomic mass is 9.84. The van der Waals surface area contributed by atoms with E-state index in [0.717, 1.165) is 11.5 Å². The van der Waals surface area contributed by atoms with Gasteiger partial charge in [-0.05, 0) is 30.4 Å². The Morgan fingerprint density at radius 1 is 1.23 bits per heavy atom. The number of fused-ring (bicyclic) bond motifs is 1. The van der Waals surface area contributed by atoms with Crippen molar-refractivity contribution in [3.63, 3.8) is 0 Å². The van der Waals surface area contributed by atoms with E-state index in [-0.39, 0.29) is 0 Å². The Balaban J connectivity index is 2.35. The molecule has 2 heteroatoms. The highest BCUT2D eigenvalue weighted by molar-refractivity contribution is 5.32. The first-order chi connectivity index (χ1) is 6.20. The number of hydrogen-bond donors (Lipinski definition) is 0. The fourth-order valence-electron chi connectivity index (χ4n) is 1.85. The zero-order valence-corrected chi connectivity index (χ0v) is 8.46. The average Bonchev–Trinajstić information content (AvgIpc) is 2.15. The van der Waals surface area contributed by atoms with Gasteiger partial charge >= 0.3 is 0 Å². The summed E-state index contributed by atoms with van der Waals surface area (Å²) in [5, 5.41) is 0.